The molecule has 0 atom stereocenters. The molecule has 0 aliphatic carbocycles. The number of nitrogens with zero attached hydrogens (tertiary/aromatic N) is 2. The third-order valence-corrected chi connectivity index (χ3v) is 58.2. The van der Waals surface area contributed by atoms with Gasteiger partial charge in [-0.15, -0.1) is 0 Å². The molecule has 0 amide bonds. The second-order valence-electron chi connectivity index (χ2n) is 5.64. The maximum atomic E-state index is 6.81. The summed E-state index contributed by atoms with van der Waals surface area (Å²) in [6.45, 7) is 13.0. The molecule has 0 saturated heterocycles. The Morgan fingerprint density at radius 3 is 1.02 bits per heavy atom. The topological polar surface area (TPSA) is 17.2 Å². The van der Waals surface area contributed by atoms with Crippen molar-refractivity contribution in [2.45, 2.75) is 26.2 Å². The fourth-order valence-electron chi connectivity index (χ4n) is 1.20. The van der Waals surface area contributed by atoms with Crippen molar-refractivity contribution < 1.29 is 0 Å². The Balaban J connectivity index is 0.00000102. The molecule has 31 heteroatoms. The average molecular weight is 1090 g/mol. The lowest BCUT2D eigenvalue weighted by atomic mass is 9.92. The molecule has 41 heavy (non-hydrogen) atoms. The maximum Gasteiger partial charge on any atom is 0.223 e. The maximum absolute atomic E-state index is 6.81. The van der Waals surface area contributed by atoms with Gasteiger partial charge in [-0.25, -0.2) is 4.85 Å². The van der Waals surface area contributed by atoms with Crippen LogP contribution >= 0.6 is 11.6 Å². The highest BCUT2D eigenvalue weighted by Gasteiger charge is 2.16. The first-order chi connectivity index (χ1) is 19.9. The van der Waals surface area contributed by atoms with Gasteiger partial charge < -0.3 is 0 Å². The molecule has 0 saturated carbocycles. The smallest absolute Gasteiger partial charge is 0.223 e. The van der Waals surface area contributed by atoms with Crippen LogP contribution in [0.4, 0.5) is 5.69 Å². The van der Waals surface area contributed by atoms with Crippen LogP contribution in [0.3, 0.4) is 0 Å². The summed E-state index contributed by atoms with van der Waals surface area (Å²) < 4.78 is 0. The molecule has 1 rings (SSSR count). The zero-order valence-corrected chi connectivity index (χ0v) is 43.0. The van der Waals surface area contributed by atoms with E-state index in [1.165, 1.54) is 17.8 Å². The van der Waals surface area contributed by atoms with Crippen molar-refractivity contribution in [1.82, 2.24) is 4.98 Å². The first-order valence-corrected chi connectivity index (χ1v) is 44.9. The van der Waals surface area contributed by atoms with E-state index in [9.17, 15) is 0 Å². The summed E-state index contributed by atoms with van der Waals surface area (Å²) in [5.74, 6) is 0. The minimum absolute atomic E-state index is 0.0236. The molecule has 0 N–H and O–H groups in total. The number of rotatable bonds is 0. The third-order valence-electron chi connectivity index (χ3n) is 2.41. The summed E-state index contributed by atoms with van der Waals surface area (Å²) in [4.78, 5) is 7.42. The first-order valence-electron chi connectivity index (χ1n) is 8.49. The largest absolute Gasteiger partial charge is 0.252 e. The molecular formula is C10H11ClN2S28. The molecule has 0 spiro atoms. The highest BCUT2D eigenvalue weighted by Crippen LogP contribution is 2.27. The molecule has 0 aromatic carbocycles. The summed E-state index contributed by atoms with van der Waals surface area (Å²) >= 11 is 15.4. The molecule has 0 bridgehead atoms. The highest BCUT2D eigenvalue weighted by atomic mass is 35.5. The standard InChI is InChI=1S/C10H11ClN2.S28/c1-10(2,3)8-6-5-7(12-4)9(11)13-8;1-3-5-7-9-11-13-15-17-19-21-23-25-27-28-26-24-22-20-18-16-14-12-10-8-6-4-2/h5-6H,1-3H3;. The summed E-state index contributed by atoms with van der Waals surface area (Å²) in [5, 5.41) is 0.294. The minimum Gasteiger partial charge on any atom is -0.252 e. The van der Waals surface area contributed by atoms with E-state index in [4.69, 9.17) is 40.5 Å². The molecule has 0 fully saturated rings. The predicted octanol–water partition coefficient (Wildman–Crippen LogP) is 3.52. The van der Waals surface area contributed by atoms with Gasteiger partial charge in [-0.1, -0.05) is 44.5 Å². The van der Waals surface area contributed by atoms with Gasteiger partial charge in [0, 0.05) is 264 Å². The van der Waals surface area contributed by atoms with E-state index >= 15 is 0 Å². The average Bonchev–Trinajstić information content (AvgIpc) is 2.95. The zero-order chi connectivity index (χ0) is 30.4. The van der Waals surface area contributed by atoms with Crippen LogP contribution in [-0.2, 0) is 259 Å². The molecule has 0 unspecified atom stereocenters. The van der Waals surface area contributed by atoms with Crippen molar-refractivity contribution in [3.05, 3.63) is 34.4 Å². The van der Waals surface area contributed by atoms with Gasteiger partial charge in [-0.05, 0) is 0 Å². The van der Waals surface area contributed by atoms with Crippen LogP contribution in [0, 0.1) is 6.57 Å². The third kappa shape index (κ3) is 32.1. The van der Waals surface area contributed by atoms with Crippen LogP contribution in [0.25, 0.3) is 4.85 Å². The second-order valence-corrected chi connectivity index (χ2v) is 52.0. The lowest BCUT2D eigenvalue weighted by molar-refractivity contribution is 0.569. The minimum atomic E-state index is -0.0236. The highest BCUT2D eigenvalue weighted by molar-refractivity contribution is 8.79. The van der Waals surface area contributed by atoms with E-state index in [-0.39, 0.29) is 5.41 Å². The van der Waals surface area contributed by atoms with Crippen molar-refractivity contribution in [2.24, 2.45) is 0 Å². The Bertz CT molecular complexity index is 2150. The van der Waals surface area contributed by atoms with Gasteiger partial charge in [-0.2, -0.15) is 0 Å². The summed E-state index contributed by atoms with van der Waals surface area (Å²) in [5.41, 5.74) is 1.30. The van der Waals surface area contributed by atoms with E-state index in [0.29, 0.717) is 10.8 Å². The molecule has 0 aliphatic rings. The van der Waals surface area contributed by atoms with E-state index in [0.717, 1.165) is 5.69 Å². The van der Waals surface area contributed by atoms with Crippen molar-refractivity contribution in [3.63, 3.8) is 0 Å². The predicted molar refractivity (Wildman–Crippen MR) is 260 cm³/mol. The lowest BCUT2D eigenvalue weighted by Crippen LogP contribution is -2.13. The molecule has 0 radical (unpaired) electrons. The van der Waals surface area contributed by atoms with Crippen LogP contribution in [0.5, 0.6) is 0 Å². The molecule has 1 aromatic rings. The summed E-state index contributed by atoms with van der Waals surface area (Å²) in [7, 11) is 45.4. The Morgan fingerprint density at radius 1 is 0.561 bits per heavy atom. The lowest BCUT2D eigenvalue weighted by Gasteiger charge is -2.17. The van der Waals surface area contributed by atoms with Crippen LogP contribution in [0.1, 0.15) is 26.5 Å². The van der Waals surface area contributed by atoms with Gasteiger partial charge in [0.25, 0.3) is 0 Å². The molecule has 2 nitrogen and oxygen atoms in total. The molecular weight excluding hydrogens is 1080 g/mol. The van der Waals surface area contributed by atoms with Crippen molar-refractivity contribution in [3.8, 4) is 0 Å². The van der Waals surface area contributed by atoms with Gasteiger partial charge >= 0.3 is 0 Å². The van der Waals surface area contributed by atoms with Crippen LogP contribution < -0.4 is 0 Å². The SMILES string of the molecule is S=S=S=S=S=S=S=S=S=S=S=S=S=S=S=S=S=S=S=S=S=S=S=S=S=S=S=S.[C-]#[N+]c1ccc(C(C)(C)C)nc1Cl. The second kappa shape index (κ2) is 34.9. The Hall–Kier alpha value is 5.09. The van der Waals surface area contributed by atoms with Gasteiger partial charge in [0.05, 0.1) is 6.57 Å². The van der Waals surface area contributed by atoms with Gasteiger partial charge in [0.15, 0.2) is 0 Å². The normalized spacial score (nSPS) is 8.66. The van der Waals surface area contributed by atoms with Crippen LogP contribution in [0.2, 0.25) is 5.15 Å². The van der Waals surface area contributed by atoms with Crippen molar-refractivity contribution in [2.75, 3.05) is 0 Å². The van der Waals surface area contributed by atoms with Crippen LogP contribution in [-0.4, -0.2) is 4.98 Å². The molecule has 236 valence electrons. The molecule has 0 aliphatic heterocycles. The van der Waals surface area contributed by atoms with Crippen molar-refractivity contribution in [1.29, 1.82) is 0 Å². The molecule has 1 heterocycles. The fourth-order valence-corrected chi connectivity index (χ4v) is 67.3. The number of pyridine rings is 1. The number of hydrogen-bond donors (Lipinski definition) is 0. The van der Waals surface area contributed by atoms with E-state index in [2.05, 4.69) is 30.6 Å². The van der Waals surface area contributed by atoms with E-state index in [1.807, 2.05) is 94.9 Å². The van der Waals surface area contributed by atoms with Gasteiger partial charge in [0.1, 0.15) is 5.15 Å². The van der Waals surface area contributed by atoms with Gasteiger partial charge in [0.2, 0.25) is 5.69 Å². The number of hydrogen-bond acceptors (Lipinski definition) is 3. The van der Waals surface area contributed by atoms with Crippen LogP contribution in [0.15, 0.2) is 12.1 Å². The number of aromatic nitrogens is 1. The Kier molecular flexibility index (Phi) is 39.3. The Morgan fingerprint density at radius 2 is 0.829 bits per heavy atom. The quantitative estimate of drug-likeness (QED) is 0.293. The zero-order valence-electron chi connectivity index (χ0n) is 19.4. The summed E-state index contributed by atoms with van der Waals surface area (Å²) in [6, 6.07) is 3.56. The monoisotopic (exact) mass is 1090 g/mol. The molecule has 1 aromatic heterocycles. The summed E-state index contributed by atoms with van der Waals surface area (Å²) in [6.07, 6.45) is 0. The first kappa shape index (κ1) is 46.1. The van der Waals surface area contributed by atoms with Crippen molar-refractivity contribution >= 4 is 271 Å². The van der Waals surface area contributed by atoms with E-state index < -0.39 is 0 Å². The Labute approximate surface area is 328 Å². The fraction of sp³-hybridized carbons (Fsp3) is 0.400. The van der Waals surface area contributed by atoms with E-state index in [1.54, 1.807) is 130 Å². The van der Waals surface area contributed by atoms with Gasteiger partial charge in [-0.3, -0.25) is 4.98 Å². The number of halogens is 1.